The van der Waals surface area contributed by atoms with E-state index in [2.05, 4.69) is 48.0 Å². The van der Waals surface area contributed by atoms with Crippen LogP contribution in [-0.4, -0.2) is 14.7 Å². The topological polar surface area (TPSA) is 46.2 Å². The van der Waals surface area contributed by atoms with Crippen LogP contribution in [0, 0.1) is 0 Å². The zero-order chi connectivity index (χ0) is 20.6. The van der Waals surface area contributed by atoms with Crippen LogP contribution in [0.4, 0.5) is 5.69 Å². The first kappa shape index (κ1) is 19.7. The number of benzene rings is 3. The molecule has 29 heavy (non-hydrogen) atoms. The number of hydrogen-bond donors (Lipinski definition) is 1. The minimum absolute atomic E-state index is 0.559. The number of halogens is 1. The highest BCUT2D eigenvalue weighted by Crippen LogP contribution is 2.39. The van der Waals surface area contributed by atoms with Crippen molar-refractivity contribution >= 4 is 38.5 Å². The van der Waals surface area contributed by atoms with Gasteiger partial charge >= 0.3 is 0 Å². The second kappa shape index (κ2) is 7.69. The van der Waals surface area contributed by atoms with Gasteiger partial charge in [0.05, 0.1) is 6.26 Å². The Bertz CT molecular complexity index is 1230. The summed E-state index contributed by atoms with van der Waals surface area (Å²) in [5.41, 5.74) is 8.73. The number of aryl methyl sites for hydroxylation is 2. The van der Waals surface area contributed by atoms with Crippen molar-refractivity contribution in [3.05, 3.63) is 99.6 Å². The van der Waals surface area contributed by atoms with E-state index in [1.54, 1.807) is 6.07 Å². The third kappa shape index (κ3) is 4.24. The highest BCUT2D eigenvalue weighted by molar-refractivity contribution is 7.92. The van der Waals surface area contributed by atoms with Crippen molar-refractivity contribution in [1.82, 2.24) is 0 Å². The molecule has 0 radical (unpaired) electrons. The lowest BCUT2D eigenvalue weighted by molar-refractivity contribution is 0.607. The molecule has 1 aliphatic carbocycles. The second-order valence-electron chi connectivity index (χ2n) is 7.41. The molecular formula is C24H22ClNO2S. The first-order chi connectivity index (χ1) is 13.8. The SMILES string of the molecule is C/C(=C1/c2ccccc2CCc2cc(Cl)ccc21)c1cccc(NS(C)(=O)=O)c1. The Morgan fingerprint density at radius 1 is 0.897 bits per heavy atom. The molecule has 0 saturated carbocycles. The van der Waals surface area contributed by atoms with Gasteiger partial charge in [-0.15, -0.1) is 0 Å². The van der Waals surface area contributed by atoms with E-state index in [4.69, 9.17) is 11.6 Å². The number of anilines is 1. The van der Waals surface area contributed by atoms with Crippen LogP contribution >= 0.6 is 11.6 Å². The lowest BCUT2D eigenvalue weighted by Gasteiger charge is -2.17. The number of hydrogen-bond acceptors (Lipinski definition) is 2. The Morgan fingerprint density at radius 3 is 2.41 bits per heavy atom. The van der Waals surface area contributed by atoms with Crippen LogP contribution in [0.2, 0.25) is 5.02 Å². The fourth-order valence-electron chi connectivity index (χ4n) is 3.99. The van der Waals surface area contributed by atoms with Crippen molar-refractivity contribution in [3.63, 3.8) is 0 Å². The van der Waals surface area contributed by atoms with Gasteiger partial charge in [-0.25, -0.2) is 8.42 Å². The third-order valence-electron chi connectivity index (χ3n) is 5.26. The Kier molecular flexibility index (Phi) is 5.24. The molecule has 0 unspecified atom stereocenters. The molecule has 0 spiro atoms. The summed E-state index contributed by atoms with van der Waals surface area (Å²) < 4.78 is 25.9. The van der Waals surface area contributed by atoms with Crippen LogP contribution in [0.3, 0.4) is 0 Å². The van der Waals surface area contributed by atoms with E-state index >= 15 is 0 Å². The van der Waals surface area contributed by atoms with Gasteiger partial charge in [0, 0.05) is 10.7 Å². The van der Waals surface area contributed by atoms with Crippen LogP contribution in [0.5, 0.6) is 0 Å². The number of nitrogens with one attached hydrogen (secondary N) is 1. The molecule has 0 heterocycles. The van der Waals surface area contributed by atoms with Crippen molar-refractivity contribution in [2.75, 3.05) is 11.0 Å². The maximum absolute atomic E-state index is 11.7. The normalized spacial score (nSPS) is 15.1. The molecule has 1 aliphatic rings. The van der Waals surface area contributed by atoms with Gasteiger partial charge in [-0.1, -0.05) is 54.1 Å². The van der Waals surface area contributed by atoms with Crippen molar-refractivity contribution in [2.45, 2.75) is 19.8 Å². The summed E-state index contributed by atoms with van der Waals surface area (Å²) in [6, 6.07) is 22.1. The molecule has 0 aromatic heterocycles. The summed E-state index contributed by atoms with van der Waals surface area (Å²) in [7, 11) is -3.33. The summed E-state index contributed by atoms with van der Waals surface area (Å²) in [6.07, 6.45) is 3.04. The lowest BCUT2D eigenvalue weighted by atomic mass is 9.88. The van der Waals surface area contributed by atoms with Crippen LogP contribution < -0.4 is 4.72 Å². The smallest absolute Gasteiger partial charge is 0.229 e. The molecule has 0 atom stereocenters. The van der Waals surface area contributed by atoms with Gasteiger partial charge in [-0.3, -0.25) is 4.72 Å². The van der Waals surface area contributed by atoms with E-state index in [1.807, 2.05) is 24.3 Å². The summed E-state index contributed by atoms with van der Waals surface area (Å²) in [5, 5.41) is 0.742. The summed E-state index contributed by atoms with van der Waals surface area (Å²) in [4.78, 5) is 0. The van der Waals surface area contributed by atoms with Crippen LogP contribution in [0.15, 0.2) is 66.7 Å². The molecule has 1 N–H and O–H groups in total. The fraction of sp³-hybridized carbons (Fsp3) is 0.167. The number of fused-ring (bicyclic) bond motifs is 2. The molecule has 3 aromatic carbocycles. The molecule has 0 fully saturated rings. The molecule has 0 amide bonds. The fourth-order valence-corrected chi connectivity index (χ4v) is 4.74. The molecule has 0 bridgehead atoms. The monoisotopic (exact) mass is 423 g/mol. The predicted molar refractivity (Wildman–Crippen MR) is 122 cm³/mol. The van der Waals surface area contributed by atoms with Crippen LogP contribution in [0.1, 0.15) is 34.7 Å². The van der Waals surface area contributed by atoms with Crippen molar-refractivity contribution in [3.8, 4) is 0 Å². The molecule has 4 rings (SSSR count). The number of sulfonamides is 1. The lowest BCUT2D eigenvalue weighted by Crippen LogP contribution is -2.09. The average molecular weight is 424 g/mol. The van der Waals surface area contributed by atoms with Gasteiger partial charge in [0.1, 0.15) is 0 Å². The van der Waals surface area contributed by atoms with Gasteiger partial charge < -0.3 is 0 Å². The van der Waals surface area contributed by atoms with Crippen LogP contribution in [-0.2, 0) is 22.9 Å². The van der Waals surface area contributed by atoms with Crippen LogP contribution in [0.25, 0.3) is 11.1 Å². The third-order valence-corrected chi connectivity index (χ3v) is 6.10. The van der Waals surface area contributed by atoms with Gasteiger partial charge in [-0.05, 0) is 83.0 Å². The van der Waals surface area contributed by atoms with E-state index < -0.39 is 10.0 Å². The first-order valence-electron chi connectivity index (χ1n) is 9.48. The Hall–Kier alpha value is -2.56. The molecule has 5 heteroatoms. The zero-order valence-electron chi connectivity index (χ0n) is 16.4. The van der Waals surface area contributed by atoms with Crippen molar-refractivity contribution < 1.29 is 8.42 Å². The molecule has 3 nitrogen and oxygen atoms in total. The minimum Gasteiger partial charge on any atom is -0.284 e. The molecule has 0 aliphatic heterocycles. The number of rotatable bonds is 3. The average Bonchev–Trinajstić information content (AvgIpc) is 2.83. The molecular weight excluding hydrogens is 402 g/mol. The standard InChI is InChI=1S/C24H22ClNO2S/c1-16(18-7-5-8-21(15-18)26-29(2,27)28)24-22-9-4-3-6-17(22)10-11-19-14-20(25)12-13-23(19)24/h3-9,12-15,26H,10-11H2,1-2H3/b24-16+. The minimum atomic E-state index is -3.33. The van der Waals surface area contributed by atoms with Crippen molar-refractivity contribution in [2.24, 2.45) is 0 Å². The quantitative estimate of drug-likeness (QED) is 0.579. The predicted octanol–water partition coefficient (Wildman–Crippen LogP) is 5.79. The maximum Gasteiger partial charge on any atom is 0.229 e. The van der Waals surface area contributed by atoms with Gasteiger partial charge in [0.25, 0.3) is 0 Å². The highest BCUT2D eigenvalue weighted by atomic mass is 35.5. The highest BCUT2D eigenvalue weighted by Gasteiger charge is 2.21. The zero-order valence-corrected chi connectivity index (χ0v) is 17.9. The van der Waals surface area contributed by atoms with E-state index in [9.17, 15) is 8.42 Å². The van der Waals surface area contributed by atoms with E-state index in [0.29, 0.717) is 5.69 Å². The largest absolute Gasteiger partial charge is 0.284 e. The van der Waals surface area contributed by atoms with Gasteiger partial charge in [0.2, 0.25) is 10.0 Å². The summed E-state index contributed by atoms with van der Waals surface area (Å²) in [5.74, 6) is 0. The van der Waals surface area contributed by atoms with E-state index in [0.717, 1.165) is 35.3 Å². The summed E-state index contributed by atoms with van der Waals surface area (Å²) in [6.45, 7) is 2.09. The summed E-state index contributed by atoms with van der Waals surface area (Å²) >= 11 is 6.29. The Morgan fingerprint density at radius 2 is 1.62 bits per heavy atom. The first-order valence-corrected chi connectivity index (χ1v) is 11.7. The molecule has 0 saturated heterocycles. The van der Waals surface area contributed by atoms with Crippen molar-refractivity contribution in [1.29, 1.82) is 0 Å². The molecule has 3 aromatic rings. The Balaban J connectivity index is 1.95. The van der Waals surface area contributed by atoms with E-state index in [-0.39, 0.29) is 0 Å². The molecule has 148 valence electrons. The van der Waals surface area contributed by atoms with E-state index in [1.165, 1.54) is 27.8 Å². The van der Waals surface area contributed by atoms with Gasteiger partial charge in [-0.2, -0.15) is 0 Å². The maximum atomic E-state index is 11.7. The number of allylic oxidation sites excluding steroid dienone is 1. The Labute approximate surface area is 177 Å². The van der Waals surface area contributed by atoms with Gasteiger partial charge in [0.15, 0.2) is 0 Å². The second-order valence-corrected chi connectivity index (χ2v) is 9.60.